The molecule has 158 valence electrons. The first-order chi connectivity index (χ1) is 15.4. The Bertz CT molecular complexity index is 1340. The molecule has 0 spiro atoms. The first-order valence-electron chi connectivity index (χ1n) is 10.1. The number of hydrogen-bond acceptors (Lipinski definition) is 3. The predicted octanol–water partition coefficient (Wildman–Crippen LogP) is 8.69. The topological polar surface area (TPSA) is 49.3 Å². The van der Waals surface area contributed by atoms with Crippen molar-refractivity contribution in [2.45, 2.75) is 20.8 Å². The summed E-state index contributed by atoms with van der Waals surface area (Å²) in [7, 11) is 0. The minimum absolute atomic E-state index is 0.298. The lowest BCUT2D eigenvalue weighted by molar-refractivity contribution is 0.593. The minimum atomic E-state index is 0.298. The van der Waals surface area contributed by atoms with Crippen molar-refractivity contribution in [2.24, 2.45) is 4.99 Å². The Hall–Kier alpha value is -2.94. The summed E-state index contributed by atoms with van der Waals surface area (Å²) >= 11 is 7.14. The Balaban J connectivity index is 1.88. The molecule has 32 heavy (non-hydrogen) atoms. The Morgan fingerprint density at radius 2 is 1.38 bits per heavy atom. The fourth-order valence-electron chi connectivity index (χ4n) is 3.39. The molecule has 0 aliphatic carbocycles. The van der Waals surface area contributed by atoms with E-state index in [4.69, 9.17) is 4.42 Å². The molecule has 0 fully saturated rings. The van der Waals surface area contributed by atoms with Gasteiger partial charge in [0.2, 0.25) is 5.88 Å². The molecule has 3 nitrogen and oxygen atoms in total. The van der Waals surface area contributed by atoms with Crippen LogP contribution >= 0.6 is 31.9 Å². The molecule has 0 bridgehead atoms. The summed E-state index contributed by atoms with van der Waals surface area (Å²) in [6.45, 7) is 6.11. The third-order valence-electron chi connectivity index (χ3n) is 5.29. The van der Waals surface area contributed by atoms with Gasteiger partial charge in [-0.2, -0.15) is 5.26 Å². The van der Waals surface area contributed by atoms with E-state index < -0.39 is 0 Å². The highest BCUT2D eigenvalue weighted by molar-refractivity contribution is 9.11. The van der Waals surface area contributed by atoms with Crippen LogP contribution in [-0.4, -0.2) is 6.21 Å². The van der Waals surface area contributed by atoms with Crippen LogP contribution in [0.4, 0.5) is 5.88 Å². The van der Waals surface area contributed by atoms with Gasteiger partial charge in [-0.25, -0.2) is 4.99 Å². The molecule has 0 aliphatic rings. The van der Waals surface area contributed by atoms with Crippen LogP contribution in [0.15, 0.2) is 79.0 Å². The van der Waals surface area contributed by atoms with E-state index in [9.17, 15) is 5.26 Å². The molecule has 0 saturated carbocycles. The average molecular weight is 548 g/mol. The lowest BCUT2D eigenvalue weighted by Crippen LogP contribution is -1.86. The standard InChI is InChI=1S/C27H20Br2N2O/c1-16-4-8-20(9-5-16)25-22(14-30)27(32-26(25)21-10-6-17(2)7-11-21)31-15-19-12-23(28)18(3)24(29)13-19/h4-13,15H,1-3H3. The van der Waals surface area contributed by atoms with E-state index in [2.05, 4.69) is 42.9 Å². The third kappa shape index (κ3) is 4.48. The number of nitrogens with zero attached hydrogens (tertiary/aromatic N) is 2. The van der Waals surface area contributed by atoms with E-state index >= 15 is 0 Å². The average Bonchev–Trinajstić information content (AvgIpc) is 3.15. The minimum Gasteiger partial charge on any atom is -0.436 e. The Labute approximate surface area is 204 Å². The second-order valence-corrected chi connectivity index (χ2v) is 9.41. The number of halogens is 2. The van der Waals surface area contributed by atoms with Crippen molar-refractivity contribution in [3.05, 3.63) is 97.4 Å². The van der Waals surface area contributed by atoms with Crippen molar-refractivity contribution >= 4 is 44.0 Å². The summed E-state index contributed by atoms with van der Waals surface area (Å²) in [5.74, 6) is 0.940. The summed E-state index contributed by atoms with van der Waals surface area (Å²) in [5.41, 5.74) is 7.33. The Kier molecular flexibility index (Phi) is 6.45. The number of benzene rings is 3. The number of aryl methyl sites for hydroxylation is 2. The number of nitriles is 1. The molecule has 3 aromatic carbocycles. The monoisotopic (exact) mass is 546 g/mol. The molecule has 0 amide bonds. The van der Waals surface area contributed by atoms with Crippen molar-refractivity contribution in [3.63, 3.8) is 0 Å². The first-order valence-corrected chi connectivity index (χ1v) is 11.7. The van der Waals surface area contributed by atoms with E-state index in [1.807, 2.05) is 81.4 Å². The van der Waals surface area contributed by atoms with Crippen LogP contribution in [0, 0.1) is 32.1 Å². The van der Waals surface area contributed by atoms with Gasteiger partial charge < -0.3 is 4.42 Å². The highest BCUT2D eigenvalue weighted by atomic mass is 79.9. The molecule has 1 heterocycles. The van der Waals surface area contributed by atoms with Crippen LogP contribution in [0.1, 0.15) is 27.8 Å². The maximum absolute atomic E-state index is 10.0. The van der Waals surface area contributed by atoms with Crippen molar-refractivity contribution in [2.75, 3.05) is 0 Å². The molecular formula is C27H20Br2N2O. The van der Waals surface area contributed by atoms with Crippen LogP contribution < -0.4 is 0 Å². The van der Waals surface area contributed by atoms with Crippen LogP contribution in [0.5, 0.6) is 0 Å². The van der Waals surface area contributed by atoms with Crippen molar-refractivity contribution in [3.8, 4) is 28.5 Å². The molecule has 1 aromatic heterocycles. The van der Waals surface area contributed by atoms with Crippen LogP contribution in [-0.2, 0) is 0 Å². The highest BCUT2D eigenvalue weighted by Gasteiger charge is 2.22. The Morgan fingerprint density at radius 3 is 1.91 bits per heavy atom. The summed E-state index contributed by atoms with van der Waals surface area (Å²) < 4.78 is 8.17. The fourth-order valence-corrected chi connectivity index (χ4v) is 4.61. The zero-order chi connectivity index (χ0) is 22.8. The summed E-state index contributed by atoms with van der Waals surface area (Å²) in [4.78, 5) is 4.57. The van der Waals surface area contributed by atoms with Gasteiger partial charge in [-0.05, 0) is 49.6 Å². The third-order valence-corrected chi connectivity index (χ3v) is 6.94. The normalized spacial score (nSPS) is 11.1. The zero-order valence-corrected chi connectivity index (χ0v) is 21.1. The number of hydrogen-bond donors (Lipinski definition) is 0. The Morgan fingerprint density at radius 1 is 0.844 bits per heavy atom. The molecule has 0 aliphatic heterocycles. The molecule has 5 heteroatoms. The lowest BCUT2D eigenvalue weighted by atomic mass is 9.97. The van der Waals surface area contributed by atoms with E-state index in [0.717, 1.165) is 47.9 Å². The molecular weight excluding hydrogens is 528 g/mol. The molecule has 0 unspecified atom stereocenters. The van der Waals surface area contributed by atoms with E-state index in [1.165, 1.54) is 0 Å². The van der Waals surface area contributed by atoms with Crippen molar-refractivity contribution in [1.82, 2.24) is 0 Å². The molecule has 4 rings (SSSR count). The SMILES string of the molecule is Cc1ccc(-c2oc(N=Cc3cc(Br)c(C)c(Br)c3)c(C#N)c2-c2ccc(C)cc2)cc1. The van der Waals surface area contributed by atoms with Gasteiger partial charge in [0.05, 0.1) is 0 Å². The van der Waals surface area contributed by atoms with Gasteiger partial charge in [-0.1, -0.05) is 91.5 Å². The summed E-state index contributed by atoms with van der Waals surface area (Å²) in [6, 6.07) is 22.5. The van der Waals surface area contributed by atoms with Gasteiger partial charge >= 0.3 is 0 Å². The molecule has 0 N–H and O–H groups in total. The maximum Gasteiger partial charge on any atom is 0.238 e. The highest BCUT2D eigenvalue weighted by Crippen LogP contribution is 2.42. The number of rotatable bonds is 4. The second-order valence-electron chi connectivity index (χ2n) is 7.70. The van der Waals surface area contributed by atoms with Gasteiger partial charge in [0.1, 0.15) is 17.4 Å². The number of aliphatic imine (C=N–C) groups is 1. The quantitative estimate of drug-likeness (QED) is 0.240. The summed E-state index contributed by atoms with van der Waals surface area (Å²) in [6.07, 6.45) is 1.71. The van der Waals surface area contributed by atoms with Crippen LogP contribution in [0.2, 0.25) is 0 Å². The maximum atomic E-state index is 10.0. The van der Waals surface area contributed by atoms with E-state index in [0.29, 0.717) is 17.2 Å². The van der Waals surface area contributed by atoms with Gasteiger partial charge in [-0.15, -0.1) is 0 Å². The largest absolute Gasteiger partial charge is 0.436 e. The lowest BCUT2D eigenvalue weighted by Gasteiger charge is -2.05. The zero-order valence-electron chi connectivity index (χ0n) is 17.9. The van der Waals surface area contributed by atoms with Gasteiger partial charge in [0.15, 0.2) is 0 Å². The van der Waals surface area contributed by atoms with Gasteiger partial charge in [0, 0.05) is 26.3 Å². The molecule has 0 atom stereocenters. The van der Waals surface area contributed by atoms with Crippen LogP contribution in [0.3, 0.4) is 0 Å². The fraction of sp³-hybridized carbons (Fsp3) is 0.111. The van der Waals surface area contributed by atoms with Crippen LogP contribution in [0.25, 0.3) is 22.5 Å². The van der Waals surface area contributed by atoms with Crippen molar-refractivity contribution in [1.29, 1.82) is 5.26 Å². The summed E-state index contributed by atoms with van der Waals surface area (Å²) in [5, 5.41) is 10.0. The molecule has 4 aromatic rings. The van der Waals surface area contributed by atoms with E-state index in [-0.39, 0.29) is 0 Å². The molecule has 0 saturated heterocycles. The molecule has 0 radical (unpaired) electrons. The predicted molar refractivity (Wildman–Crippen MR) is 138 cm³/mol. The van der Waals surface area contributed by atoms with Crippen molar-refractivity contribution < 1.29 is 4.42 Å². The van der Waals surface area contributed by atoms with Gasteiger partial charge in [0.25, 0.3) is 0 Å². The smallest absolute Gasteiger partial charge is 0.238 e. The second kappa shape index (κ2) is 9.28. The van der Waals surface area contributed by atoms with E-state index in [1.54, 1.807) is 6.21 Å². The van der Waals surface area contributed by atoms with Gasteiger partial charge in [-0.3, -0.25) is 0 Å². The number of furan rings is 1. The first kappa shape index (κ1) is 22.3.